The number of allylic oxidation sites excluding steroid dienone is 2. The highest BCUT2D eigenvalue weighted by molar-refractivity contribution is 6.58. The predicted octanol–water partition coefficient (Wildman–Crippen LogP) is 6.42. The lowest BCUT2D eigenvalue weighted by molar-refractivity contribution is -0.144. The summed E-state index contributed by atoms with van der Waals surface area (Å²) in [5, 5.41) is 10.5. The van der Waals surface area contributed by atoms with Gasteiger partial charge in [-0.3, -0.25) is 29.0 Å². The number of likely N-dealkylation sites (tertiary alicyclic amines) is 2. The van der Waals surface area contributed by atoms with E-state index in [0.717, 1.165) is 36.7 Å². The van der Waals surface area contributed by atoms with Crippen LogP contribution in [0.2, 0.25) is 5.02 Å². The number of halogens is 4. The van der Waals surface area contributed by atoms with Gasteiger partial charge in [-0.1, -0.05) is 53.6 Å². The molecule has 270 valence electrons. The van der Waals surface area contributed by atoms with E-state index in [1.54, 1.807) is 0 Å². The van der Waals surface area contributed by atoms with Crippen LogP contribution in [0.25, 0.3) is 0 Å². The number of imide groups is 2. The van der Waals surface area contributed by atoms with Crippen molar-refractivity contribution in [1.82, 2.24) is 9.80 Å². The molecular formula is C39H35Cl3FN3O6. The number of fused-ring (bicyclic) bond motifs is 4. The number of hydrogen-bond donors (Lipinski definition) is 1. The van der Waals surface area contributed by atoms with Crippen LogP contribution in [-0.2, 0) is 25.7 Å². The Morgan fingerprint density at radius 2 is 1.62 bits per heavy atom. The number of hydrogen-bond acceptors (Lipinski definition) is 7. The number of rotatable bonds is 6. The Bertz CT molecular complexity index is 2020. The van der Waals surface area contributed by atoms with E-state index >= 15 is 0 Å². The van der Waals surface area contributed by atoms with Crippen molar-refractivity contribution in [2.75, 3.05) is 25.1 Å². The Morgan fingerprint density at radius 3 is 2.29 bits per heavy atom. The summed E-state index contributed by atoms with van der Waals surface area (Å²) >= 11 is 21.4. The van der Waals surface area contributed by atoms with Crippen molar-refractivity contribution in [3.05, 3.63) is 100 Å². The largest absolute Gasteiger partial charge is 0.503 e. The summed E-state index contributed by atoms with van der Waals surface area (Å²) in [5.41, 5.74) is 2.19. The molecule has 0 bridgehead atoms. The van der Waals surface area contributed by atoms with Crippen molar-refractivity contribution < 1.29 is 33.4 Å². The van der Waals surface area contributed by atoms with Crippen LogP contribution in [0.3, 0.4) is 0 Å². The number of carbonyl (C=O) groups excluding carboxylic acids is 4. The minimum Gasteiger partial charge on any atom is -0.503 e. The fourth-order valence-corrected chi connectivity index (χ4v) is 10.4. The third-order valence-electron chi connectivity index (χ3n) is 11.7. The first kappa shape index (κ1) is 35.1. The summed E-state index contributed by atoms with van der Waals surface area (Å²) in [6, 6.07) is 17.6. The third-order valence-corrected chi connectivity index (χ3v) is 13.4. The number of ether oxygens (including phenoxy) is 1. The lowest BCUT2D eigenvalue weighted by atomic mass is 9.56. The second-order valence-electron chi connectivity index (χ2n) is 14.3. The first-order chi connectivity index (χ1) is 24.9. The van der Waals surface area contributed by atoms with Crippen LogP contribution in [0.15, 0.2) is 78.4 Å². The number of phenolic OH excluding ortho intramolecular Hbond substituents is 1. The number of nitrogens with zero attached hydrogens (tertiary/aromatic N) is 3. The summed E-state index contributed by atoms with van der Waals surface area (Å²) in [5.74, 6) is -6.48. The second kappa shape index (κ2) is 12.9. The van der Waals surface area contributed by atoms with Gasteiger partial charge in [0.15, 0.2) is 21.2 Å². The number of amides is 4. The average molecular weight is 767 g/mol. The minimum absolute atomic E-state index is 0.00316. The molecule has 1 saturated carbocycles. The molecule has 4 amide bonds. The van der Waals surface area contributed by atoms with Crippen LogP contribution >= 0.6 is 34.8 Å². The number of benzene rings is 3. The number of phenols is 1. The summed E-state index contributed by atoms with van der Waals surface area (Å²) in [6.07, 6.45) is 3.13. The monoisotopic (exact) mass is 765 g/mol. The zero-order chi connectivity index (χ0) is 36.7. The molecule has 6 atom stereocenters. The molecule has 13 heteroatoms. The summed E-state index contributed by atoms with van der Waals surface area (Å²) in [6.45, 7) is 2.22. The lowest BCUT2D eigenvalue weighted by Crippen LogP contribution is -2.60. The van der Waals surface area contributed by atoms with E-state index in [1.165, 1.54) is 41.8 Å². The Hall–Kier alpha value is -3.96. The van der Waals surface area contributed by atoms with Crippen LogP contribution in [0.5, 0.6) is 11.5 Å². The Kier molecular flexibility index (Phi) is 8.68. The molecular weight excluding hydrogens is 732 g/mol. The standard InChI is InChI=1S/C39H35Cl3FN3O6/c1-52-30-18-22(17-29(40)33(30)47)32-26-11-12-27-31(35(49)45(34(27)48)25-13-15-44(16-14-25)20-21-5-3-2-4-6-21)28(26)19-38(41)36(50)46(37(51)39(32,38)42)24-9-7-23(43)8-10-24/h2-11,17-18,25,27-28,31-32,47H,12-16,19-20H2,1H3. The number of aromatic hydroxyl groups is 1. The second-order valence-corrected chi connectivity index (χ2v) is 16.0. The predicted molar refractivity (Wildman–Crippen MR) is 193 cm³/mol. The molecule has 0 spiro atoms. The van der Waals surface area contributed by atoms with Crippen molar-refractivity contribution in [2.24, 2.45) is 17.8 Å². The van der Waals surface area contributed by atoms with Crippen molar-refractivity contribution in [1.29, 1.82) is 0 Å². The summed E-state index contributed by atoms with van der Waals surface area (Å²) < 4.78 is 19.3. The maximum Gasteiger partial charge on any atom is 0.258 e. The highest BCUT2D eigenvalue weighted by Gasteiger charge is 2.76. The van der Waals surface area contributed by atoms with E-state index in [2.05, 4.69) is 17.0 Å². The number of anilines is 1. The van der Waals surface area contributed by atoms with Crippen LogP contribution in [0, 0.1) is 23.6 Å². The first-order valence-corrected chi connectivity index (χ1v) is 18.4. The van der Waals surface area contributed by atoms with E-state index in [9.17, 15) is 28.7 Å². The summed E-state index contributed by atoms with van der Waals surface area (Å²) in [4.78, 5) is 58.2. The molecule has 9 nitrogen and oxygen atoms in total. The molecule has 3 aromatic rings. The van der Waals surface area contributed by atoms with E-state index in [0.29, 0.717) is 24.0 Å². The van der Waals surface area contributed by atoms with Crippen molar-refractivity contribution in [3.8, 4) is 11.5 Å². The molecule has 2 aliphatic carbocycles. The fourth-order valence-electron chi connectivity index (χ4n) is 9.25. The number of piperidine rings is 1. The molecule has 3 saturated heterocycles. The topological polar surface area (TPSA) is 107 Å². The van der Waals surface area contributed by atoms with E-state index in [-0.39, 0.29) is 52.9 Å². The quantitative estimate of drug-likeness (QED) is 0.175. The molecule has 3 aromatic carbocycles. The molecule has 5 aliphatic rings. The highest BCUT2D eigenvalue weighted by atomic mass is 35.5. The van der Waals surface area contributed by atoms with Crippen molar-refractivity contribution in [2.45, 2.75) is 53.9 Å². The molecule has 3 heterocycles. The van der Waals surface area contributed by atoms with Crippen LogP contribution < -0.4 is 9.64 Å². The van der Waals surface area contributed by atoms with Gasteiger partial charge in [-0.2, -0.15) is 0 Å². The molecule has 8 rings (SSSR count). The fraction of sp³-hybridized carbons (Fsp3) is 0.385. The normalized spacial score (nSPS) is 30.7. The van der Waals surface area contributed by atoms with Crippen LogP contribution in [0.4, 0.5) is 10.1 Å². The van der Waals surface area contributed by atoms with E-state index < -0.39 is 51.1 Å². The van der Waals surface area contributed by atoms with Gasteiger partial charge >= 0.3 is 0 Å². The van der Waals surface area contributed by atoms with Gasteiger partial charge in [0.1, 0.15) is 5.82 Å². The average Bonchev–Trinajstić information content (AvgIpc) is 3.48. The van der Waals surface area contributed by atoms with Crippen molar-refractivity contribution in [3.63, 3.8) is 0 Å². The highest BCUT2D eigenvalue weighted by Crippen LogP contribution is 2.66. The molecule has 0 aromatic heterocycles. The number of carbonyl (C=O) groups is 4. The zero-order valence-corrected chi connectivity index (χ0v) is 30.4. The van der Waals surface area contributed by atoms with Crippen molar-refractivity contribution >= 4 is 64.1 Å². The Morgan fingerprint density at radius 1 is 0.923 bits per heavy atom. The van der Waals surface area contributed by atoms with Gasteiger partial charge in [0, 0.05) is 31.6 Å². The van der Waals surface area contributed by atoms with Gasteiger partial charge in [0.05, 0.1) is 29.7 Å². The number of methoxy groups -OCH3 is 1. The van der Waals surface area contributed by atoms with E-state index in [4.69, 9.17) is 39.5 Å². The van der Waals surface area contributed by atoms with Gasteiger partial charge in [-0.25, -0.2) is 9.29 Å². The molecule has 3 aliphatic heterocycles. The first-order valence-electron chi connectivity index (χ1n) is 17.3. The lowest BCUT2D eigenvalue weighted by Gasteiger charge is -2.50. The molecule has 0 radical (unpaired) electrons. The van der Waals surface area contributed by atoms with Gasteiger partial charge in [-0.15, -0.1) is 23.2 Å². The number of alkyl halides is 2. The van der Waals surface area contributed by atoms with Gasteiger partial charge in [-0.05, 0) is 79.1 Å². The van der Waals surface area contributed by atoms with Crippen LogP contribution in [-0.4, -0.2) is 74.5 Å². The Balaban J connectivity index is 1.17. The third kappa shape index (κ3) is 5.12. The van der Waals surface area contributed by atoms with Gasteiger partial charge in [0.2, 0.25) is 11.8 Å². The zero-order valence-electron chi connectivity index (χ0n) is 28.1. The maximum atomic E-state index is 14.6. The van der Waals surface area contributed by atoms with E-state index in [1.807, 2.05) is 24.3 Å². The minimum atomic E-state index is -2.14. The Labute approximate surface area is 314 Å². The van der Waals surface area contributed by atoms with Gasteiger partial charge < -0.3 is 9.84 Å². The smallest absolute Gasteiger partial charge is 0.258 e. The molecule has 52 heavy (non-hydrogen) atoms. The SMILES string of the molecule is COc1cc(C2C3=CCC4C(=O)N(C5CCN(Cc6ccccc6)CC5)C(=O)C4C3CC3(Cl)C(=O)N(c4ccc(F)cc4)C(=O)C23Cl)cc(Cl)c1O. The maximum absolute atomic E-state index is 14.6. The molecule has 1 N–H and O–H groups in total. The molecule has 6 unspecified atom stereocenters. The summed E-state index contributed by atoms with van der Waals surface area (Å²) in [7, 11) is 1.34. The molecule has 4 fully saturated rings. The van der Waals surface area contributed by atoms with Crippen LogP contribution in [0.1, 0.15) is 42.7 Å². The van der Waals surface area contributed by atoms with Gasteiger partial charge in [0.25, 0.3) is 11.8 Å².